The molecule has 2 heterocycles. The van der Waals surface area contributed by atoms with Crippen LogP contribution < -0.4 is 14.5 Å². The van der Waals surface area contributed by atoms with Crippen LogP contribution in [0.4, 0.5) is 15.8 Å². The molecule has 174 valence electrons. The molecule has 7 nitrogen and oxygen atoms in total. The Balaban J connectivity index is 1.16. The van der Waals surface area contributed by atoms with Crippen molar-refractivity contribution in [3.63, 3.8) is 0 Å². The third-order valence-corrected chi connectivity index (χ3v) is 7.82. The number of carbonyl (C=O) groups is 4. The lowest BCUT2D eigenvalue weighted by Crippen LogP contribution is -2.32. The monoisotopic (exact) mass is 462 g/mol. The van der Waals surface area contributed by atoms with E-state index in [9.17, 15) is 23.6 Å². The van der Waals surface area contributed by atoms with Gasteiger partial charge in [0.2, 0.25) is 17.7 Å². The third-order valence-electron chi connectivity index (χ3n) is 7.82. The van der Waals surface area contributed by atoms with Gasteiger partial charge in [-0.25, -0.2) is 9.29 Å². The Labute approximate surface area is 195 Å². The Hall–Kier alpha value is -3.55. The van der Waals surface area contributed by atoms with Crippen molar-refractivity contribution in [3.8, 4) is 5.75 Å². The molecular weight excluding hydrogens is 439 g/mol. The number of carbonyl (C=O) groups excluding carboxylic acids is 4. The standard InChI is InChI=1S/C26H23FN2O5/c27-17-6-8-18(9-7-17)28-13-16(11-21(28)30)26(33)34-20-3-1-2-19(12-20)29-24(31)22-14-4-5-15(10-14)23(22)25(29)32/h1-3,6-9,12,14-16,22-23H,4-5,10-11,13H2/t14-,15-,16+,22-,23+/m0/s1. The van der Waals surface area contributed by atoms with Gasteiger partial charge < -0.3 is 9.64 Å². The maximum atomic E-state index is 13.2. The number of hydrogen-bond acceptors (Lipinski definition) is 5. The molecule has 34 heavy (non-hydrogen) atoms. The molecule has 3 amide bonds. The Morgan fingerprint density at radius 2 is 1.59 bits per heavy atom. The van der Waals surface area contributed by atoms with Gasteiger partial charge in [0, 0.05) is 24.7 Å². The number of benzene rings is 2. The summed E-state index contributed by atoms with van der Waals surface area (Å²) in [6.07, 6.45) is 2.97. The number of hydrogen-bond donors (Lipinski definition) is 0. The minimum Gasteiger partial charge on any atom is -0.426 e. The largest absolute Gasteiger partial charge is 0.426 e. The summed E-state index contributed by atoms with van der Waals surface area (Å²) in [5.74, 6) is -1.83. The van der Waals surface area contributed by atoms with Gasteiger partial charge in [0.25, 0.3) is 0 Å². The van der Waals surface area contributed by atoms with E-state index in [0.29, 0.717) is 23.2 Å². The topological polar surface area (TPSA) is 84.0 Å². The van der Waals surface area contributed by atoms with Crippen LogP contribution in [-0.2, 0) is 19.2 Å². The van der Waals surface area contributed by atoms with Crippen LogP contribution in [0.1, 0.15) is 25.7 Å². The molecule has 2 aliphatic carbocycles. The van der Waals surface area contributed by atoms with Crippen LogP contribution >= 0.6 is 0 Å². The second kappa shape index (κ2) is 7.75. The molecule has 0 N–H and O–H groups in total. The van der Waals surface area contributed by atoms with Crippen molar-refractivity contribution in [3.05, 3.63) is 54.3 Å². The van der Waals surface area contributed by atoms with Crippen molar-refractivity contribution in [1.29, 1.82) is 0 Å². The predicted octanol–water partition coefficient (Wildman–Crippen LogP) is 3.32. The van der Waals surface area contributed by atoms with Crippen molar-refractivity contribution >= 4 is 35.1 Å². The molecule has 0 aromatic heterocycles. The Morgan fingerprint density at radius 3 is 2.26 bits per heavy atom. The smallest absolute Gasteiger partial charge is 0.316 e. The van der Waals surface area contributed by atoms with E-state index in [-0.39, 0.29) is 48.3 Å². The zero-order chi connectivity index (χ0) is 23.6. The fourth-order valence-electron chi connectivity index (χ4n) is 6.28. The van der Waals surface area contributed by atoms with E-state index in [4.69, 9.17) is 4.74 Å². The van der Waals surface area contributed by atoms with Crippen molar-refractivity contribution in [2.45, 2.75) is 25.7 Å². The molecule has 4 fully saturated rings. The maximum absolute atomic E-state index is 13.2. The van der Waals surface area contributed by atoms with Gasteiger partial charge in [0.05, 0.1) is 23.4 Å². The summed E-state index contributed by atoms with van der Waals surface area (Å²) in [5, 5.41) is 0. The summed E-state index contributed by atoms with van der Waals surface area (Å²) >= 11 is 0. The summed E-state index contributed by atoms with van der Waals surface area (Å²) in [6, 6.07) is 12.0. The van der Waals surface area contributed by atoms with Gasteiger partial charge in [-0.3, -0.25) is 19.2 Å². The highest BCUT2D eigenvalue weighted by molar-refractivity contribution is 6.22. The minimum atomic E-state index is -0.675. The first-order valence-electron chi connectivity index (χ1n) is 11.7. The zero-order valence-corrected chi connectivity index (χ0v) is 18.4. The number of fused-ring (bicyclic) bond motifs is 5. The van der Waals surface area contributed by atoms with E-state index >= 15 is 0 Å². The number of anilines is 2. The number of ether oxygens (including phenoxy) is 1. The molecule has 6 rings (SSSR count). The number of amides is 3. The SMILES string of the molecule is O=C(Oc1cccc(N2C(=O)[C@@H]3[C@H]4CC[C@@H](C4)[C@@H]3C2=O)c1)[C@@H]1CC(=O)N(c2ccc(F)cc2)C1. The van der Waals surface area contributed by atoms with Crippen LogP contribution in [0.2, 0.25) is 0 Å². The number of nitrogens with zero attached hydrogens (tertiary/aromatic N) is 2. The van der Waals surface area contributed by atoms with E-state index in [1.54, 1.807) is 18.2 Å². The molecule has 0 radical (unpaired) electrons. The third kappa shape index (κ3) is 3.23. The van der Waals surface area contributed by atoms with Crippen molar-refractivity contribution in [2.75, 3.05) is 16.3 Å². The van der Waals surface area contributed by atoms with Gasteiger partial charge in [-0.1, -0.05) is 6.07 Å². The van der Waals surface area contributed by atoms with Crippen LogP contribution in [0.5, 0.6) is 5.75 Å². The first-order valence-corrected chi connectivity index (χ1v) is 11.7. The summed E-state index contributed by atoms with van der Waals surface area (Å²) in [5.41, 5.74) is 0.929. The van der Waals surface area contributed by atoms with Gasteiger partial charge in [0.15, 0.2) is 0 Å². The molecule has 0 unspecified atom stereocenters. The molecule has 8 heteroatoms. The van der Waals surface area contributed by atoms with Crippen molar-refractivity contribution in [2.24, 2.45) is 29.6 Å². The van der Waals surface area contributed by atoms with Gasteiger partial charge in [0.1, 0.15) is 11.6 Å². The van der Waals surface area contributed by atoms with Gasteiger partial charge in [-0.15, -0.1) is 0 Å². The Bertz CT molecular complexity index is 1180. The summed E-state index contributed by atoms with van der Waals surface area (Å²) < 4.78 is 18.7. The molecule has 0 spiro atoms. The highest BCUT2D eigenvalue weighted by Gasteiger charge is 2.61. The Kier molecular flexibility index (Phi) is 4.79. The van der Waals surface area contributed by atoms with Crippen LogP contribution in [0.3, 0.4) is 0 Å². The average Bonchev–Trinajstić information content (AvgIpc) is 3.58. The van der Waals surface area contributed by atoms with Crippen LogP contribution in [0.25, 0.3) is 0 Å². The lowest BCUT2D eigenvalue weighted by molar-refractivity contribution is -0.139. The van der Waals surface area contributed by atoms with Crippen LogP contribution in [0, 0.1) is 35.4 Å². The van der Waals surface area contributed by atoms with Gasteiger partial charge in [-0.2, -0.15) is 0 Å². The first kappa shape index (κ1) is 21.0. The van der Waals surface area contributed by atoms with Crippen LogP contribution in [0.15, 0.2) is 48.5 Å². The molecule has 2 bridgehead atoms. The highest BCUT2D eigenvalue weighted by Crippen LogP contribution is 2.56. The number of rotatable bonds is 4. The minimum absolute atomic E-state index is 0.00880. The molecule has 4 aliphatic rings. The lowest BCUT2D eigenvalue weighted by Gasteiger charge is -2.19. The summed E-state index contributed by atoms with van der Waals surface area (Å²) in [6.45, 7) is 0.137. The fourth-order valence-corrected chi connectivity index (χ4v) is 6.28. The maximum Gasteiger partial charge on any atom is 0.316 e. The van der Waals surface area contributed by atoms with Crippen molar-refractivity contribution < 1.29 is 28.3 Å². The molecule has 2 saturated carbocycles. The molecular formula is C26H23FN2O5. The Morgan fingerprint density at radius 1 is 0.912 bits per heavy atom. The normalized spacial score (nSPS) is 29.8. The second-order valence-electron chi connectivity index (χ2n) is 9.70. The second-order valence-corrected chi connectivity index (χ2v) is 9.70. The number of imide groups is 1. The average molecular weight is 462 g/mol. The predicted molar refractivity (Wildman–Crippen MR) is 119 cm³/mol. The van der Waals surface area contributed by atoms with E-state index in [1.165, 1.54) is 40.1 Å². The van der Waals surface area contributed by atoms with E-state index in [0.717, 1.165) is 19.3 Å². The molecule has 2 saturated heterocycles. The van der Waals surface area contributed by atoms with Gasteiger partial charge >= 0.3 is 5.97 Å². The van der Waals surface area contributed by atoms with Gasteiger partial charge in [-0.05, 0) is 67.5 Å². The molecule has 5 atom stereocenters. The lowest BCUT2D eigenvalue weighted by atomic mass is 9.81. The van der Waals surface area contributed by atoms with Crippen LogP contribution in [-0.4, -0.2) is 30.2 Å². The van der Waals surface area contributed by atoms with Crippen molar-refractivity contribution in [1.82, 2.24) is 0 Å². The molecule has 2 aliphatic heterocycles. The summed E-state index contributed by atoms with van der Waals surface area (Å²) in [4.78, 5) is 54.1. The van der Waals surface area contributed by atoms with E-state index in [2.05, 4.69) is 0 Å². The number of halogens is 1. The quantitative estimate of drug-likeness (QED) is 0.396. The molecule has 2 aromatic rings. The van der Waals surface area contributed by atoms with E-state index < -0.39 is 17.7 Å². The molecule has 2 aromatic carbocycles. The summed E-state index contributed by atoms with van der Waals surface area (Å²) in [7, 11) is 0. The first-order chi connectivity index (χ1) is 16.4. The highest BCUT2D eigenvalue weighted by atomic mass is 19.1. The fraction of sp³-hybridized carbons (Fsp3) is 0.385. The zero-order valence-electron chi connectivity index (χ0n) is 18.4. The number of esters is 1. The van der Waals surface area contributed by atoms with E-state index in [1.807, 2.05) is 0 Å².